The number of rotatable bonds is 3. The largest absolute Gasteiger partial charge is 0.469 e. The molecule has 2 N–H and O–H groups in total. The van der Waals surface area contributed by atoms with E-state index in [1.807, 2.05) is 13.8 Å². The average molecular weight is 145 g/mol. The average Bonchev–Trinajstić information content (AvgIpc) is 1.86. The first-order valence-electron chi connectivity index (χ1n) is 3.33. The Morgan fingerprint density at radius 1 is 1.60 bits per heavy atom. The number of ether oxygens (including phenoxy) is 1. The van der Waals surface area contributed by atoms with E-state index in [1.54, 1.807) is 0 Å². The molecule has 0 heterocycles. The second kappa shape index (κ2) is 3.56. The van der Waals surface area contributed by atoms with E-state index < -0.39 is 5.41 Å². The lowest BCUT2D eigenvalue weighted by atomic mass is 9.90. The molecule has 0 spiro atoms. The summed E-state index contributed by atoms with van der Waals surface area (Å²) < 4.78 is 4.57. The topological polar surface area (TPSA) is 52.3 Å². The van der Waals surface area contributed by atoms with Crippen molar-refractivity contribution in [3.8, 4) is 0 Å². The molecule has 0 aliphatic carbocycles. The summed E-state index contributed by atoms with van der Waals surface area (Å²) in [6.07, 6.45) is 0.666. The fraction of sp³-hybridized carbons (Fsp3) is 0.857. The summed E-state index contributed by atoms with van der Waals surface area (Å²) in [5.74, 6) is -0.196. The van der Waals surface area contributed by atoms with Crippen LogP contribution in [0.3, 0.4) is 0 Å². The molecule has 0 rings (SSSR count). The van der Waals surface area contributed by atoms with Gasteiger partial charge in [0.15, 0.2) is 0 Å². The van der Waals surface area contributed by atoms with Crippen LogP contribution in [0.4, 0.5) is 0 Å². The number of methoxy groups -OCH3 is 1. The van der Waals surface area contributed by atoms with Crippen molar-refractivity contribution in [1.29, 1.82) is 0 Å². The highest BCUT2D eigenvalue weighted by molar-refractivity contribution is 5.75. The van der Waals surface area contributed by atoms with Crippen LogP contribution in [0.5, 0.6) is 0 Å². The first-order valence-corrected chi connectivity index (χ1v) is 3.33. The van der Waals surface area contributed by atoms with Gasteiger partial charge < -0.3 is 10.5 Å². The lowest BCUT2D eigenvalue weighted by Gasteiger charge is -2.19. The monoisotopic (exact) mass is 145 g/mol. The lowest BCUT2D eigenvalue weighted by Crippen LogP contribution is -2.28. The smallest absolute Gasteiger partial charge is 0.311 e. The molecule has 0 bridgehead atoms. The first-order chi connectivity index (χ1) is 4.54. The number of esters is 1. The van der Waals surface area contributed by atoms with Gasteiger partial charge in [0.25, 0.3) is 0 Å². The molecule has 3 heteroatoms. The third-order valence-electron chi connectivity index (χ3n) is 1.51. The van der Waals surface area contributed by atoms with Gasteiger partial charge in [-0.3, -0.25) is 4.79 Å². The van der Waals surface area contributed by atoms with Crippen LogP contribution in [-0.4, -0.2) is 19.6 Å². The summed E-state index contributed by atoms with van der Waals surface area (Å²) in [4.78, 5) is 10.9. The zero-order chi connectivity index (χ0) is 8.20. The molecule has 0 saturated carbocycles. The van der Waals surface area contributed by atoms with Gasteiger partial charge in [-0.05, 0) is 26.8 Å². The minimum Gasteiger partial charge on any atom is -0.469 e. The van der Waals surface area contributed by atoms with Crippen molar-refractivity contribution in [2.24, 2.45) is 11.1 Å². The van der Waals surface area contributed by atoms with Crippen molar-refractivity contribution < 1.29 is 9.53 Å². The van der Waals surface area contributed by atoms with E-state index in [4.69, 9.17) is 5.73 Å². The predicted molar refractivity (Wildman–Crippen MR) is 39.5 cm³/mol. The quantitative estimate of drug-likeness (QED) is 0.589. The van der Waals surface area contributed by atoms with Crippen molar-refractivity contribution >= 4 is 5.97 Å². The van der Waals surface area contributed by atoms with Gasteiger partial charge >= 0.3 is 5.97 Å². The van der Waals surface area contributed by atoms with Gasteiger partial charge in [-0.15, -0.1) is 0 Å². The molecule has 10 heavy (non-hydrogen) atoms. The second-order valence-corrected chi connectivity index (χ2v) is 2.91. The highest BCUT2D eigenvalue weighted by atomic mass is 16.5. The van der Waals surface area contributed by atoms with E-state index >= 15 is 0 Å². The van der Waals surface area contributed by atoms with Gasteiger partial charge in [0, 0.05) is 0 Å². The van der Waals surface area contributed by atoms with Crippen LogP contribution in [0.15, 0.2) is 0 Å². The highest BCUT2D eigenvalue weighted by Gasteiger charge is 2.27. The molecule has 60 valence electrons. The molecule has 0 unspecified atom stereocenters. The summed E-state index contributed by atoms with van der Waals surface area (Å²) in [6, 6.07) is 0. The maximum Gasteiger partial charge on any atom is 0.311 e. The van der Waals surface area contributed by atoms with Crippen LogP contribution in [0.25, 0.3) is 0 Å². The van der Waals surface area contributed by atoms with Crippen LogP contribution in [0.1, 0.15) is 20.3 Å². The normalized spacial score (nSPS) is 11.2. The molecule has 0 aliphatic rings. The molecule has 0 fully saturated rings. The Bertz CT molecular complexity index is 121. The van der Waals surface area contributed by atoms with E-state index in [9.17, 15) is 4.79 Å². The van der Waals surface area contributed by atoms with Gasteiger partial charge in [0.05, 0.1) is 12.5 Å². The Morgan fingerprint density at radius 3 is 2.40 bits per heavy atom. The number of nitrogens with two attached hydrogens (primary N) is 1. The number of hydrogen-bond donors (Lipinski definition) is 1. The van der Waals surface area contributed by atoms with E-state index in [-0.39, 0.29) is 5.97 Å². The zero-order valence-electron chi connectivity index (χ0n) is 6.81. The summed E-state index contributed by atoms with van der Waals surface area (Å²) in [5, 5.41) is 0. The first kappa shape index (κ1) is 9.43. The van der Waals surface area contributed by atoms with E-state index in [0.29, 0.717) is 13.0 Å². The van der Waals surface area contributed by atoms with Crippen LogP contribution < -0.4 is 5.73 Å². The van der Waals surface area contributed by atoms with Gasteiger partial charge in [0.2, 0.25) is 0 Å². The van der Waals surface area contributed by atoms with Crippen LogP contribution in [-0.2, 0) is 9.53 Å². The van der Waals surface area contributed by atoms with Gasteiger partial charge in [-0.1, -0.05) is 0 Å². The number of carbonyl (C=O) groups excluding carboxylic acids is 1. The minimum absolute atomic E-state index is 0.196. The minimum atomic E-state index is -0.427. The molecule has 0 radical (unpaired) electrons. The maximum absolute atomic E-state index is 10.9. The molecule has 0 aliphatic heterocycles. The zero-order valence-corrected chi connectivity index (χ0v) is 6.81. The lowest BCUT2D eigenvalue weighted by molar-refractivity contribution is -0.150. The van der Waals surface area contributed by atoms with Crippen molar-refractivity contribution in [2.45, 2.75) is 20.3 Å². The predicted octanol–water partition coefficient (Wildman–Crippen LogP) is 0.534. The molecule has 0 atom stereocenters. The highest BCUT2D eigenvalue weighted by Crippen LogP contribution is 2.20. The standard InChI is InChI=1S/C7H15NO2/c1-7(2,4-5-8)6(9)10-3/h4-5,8H2,1-3H3. The molecule has 0 amide bonds. The Morgan fingerprint density at radius 2 is 2.10 bits per heavy atom. The SMILES string of the molecule is COC(=O)C(C)(C)CCN. The van der Waals surface area contributed by atoms with Crippen molar-refractivity contribution in [3.63, 3.8) is 0 Å². The van der Waals surface area contributed by atoms with Crippen molar-refractivity contribution in [2.75, 3.05) is 13.7 Å². The van der Waals surface area contributed by atoms with Crippen LogP contribution in [0.2, 0.25) is 0 Å². The summed E-state index contributed by atoms with van der Waals surface area (Å²) in [5.41, 5.74) is 4.87. The summed E-state index contributed by atoms with van der Waals surface area (Å²) in [7, 11) is 1.39. The fourth-order valence-electron chi connectivity index (χ4n) is 0.739. The summed E-state index contributed by atoms with van der Waals surface area (Å²) >= 11 is 0. The van der Waals surface area contributed by atoms with Crippen LogP contribution >= 0.6 is 0 Å². The van der Waals surface area contributed by atoms with E-state index in [2.05, 4.69) is 4.74 Å². The number of carbonyl (C=O) groups is 1. The molecule has 3 nitrogen and oxygen atoms in total. The van der Waals surface area contributed by atoms with Crippen molar-refractivity contribution in [1.82, 2.24) is 0 Å². The second-order valence-electron chi connectivity index (χ2n) is 2.91. The molecule has 0 aromatic carbocycles. The Balaban J connectivity index is 3.96. The van der Waals surface area contributed by atoms with Gasteiger partial charge in [-0.25, -0.2) is 0 Å². The Labute approximate surface area is 61.5 Å². The maximum atomic E-state index is 10.9. The molecular formula is C7H15NO2. The van der Waals surface area contributed by atoms with Gasteiger partial charge in [-0.2, -0.15) is 0 Å². The molecule has 0 aromatic rings. The molecule has 0 saturated heterocycles. The third-order valence-corrected chi connectivity index (χ3v) is 1.51. The summed E-state index contributed by atoms with van der Waals surface area (Å²) in [6.45, 7) is 4.17. The Hall–Kier alpha value is -0.570. The third kappa shape index (κ3) is 2.35. The van der Waals surface area contributed by atoms with Crippen molar-refractivity contribution in [3.05, 3.63) is 0 Å². The number of hydrogen-bond acceptors (Lipinski definition) is 3. The molecular weight excluding hydrogens is 130 g/mol. The Kier molecular flexibility index (Phi) is 3.36. The fourth-order valence-corrected chi connectivity index (χ4v) is 0.739. The van der Waals surface area contributed by atoms with Crippen LogP contribution in [0, 0.1) is 5.41 Å². The molecule has 0 aromatic heterocycles. The van der Waals surface area contributed by atoms with E-state index in [0.717, 1.165) is 0 Å². The van der Waals surface area contributed by atoms with E-state index in [1.165, 1.54) is 7.11 Å². The van der Waals surface area contributed by atoms with Gasteiger partial charge in [0.1, 0.15) is 0 Å².